The van der Waals surface area contributed by atoms with Crippen LogP contribution in [0.1, 0.15) is 17.0 Å². The Balaban J connectivity index is 2.20. The lowest BCUT2D eigenvalue weighted by molar-refractivity contribution is -0.141. The number of hydrogen-bond donors (Lipinski definition) is 2. The third-order valence-electron chi connectivity index (χ3n) is 2.47. The number of carboxylic acid groups (broad SMARTS) is 1. The summed E-state index contributed by atoms with van der Waals surface area (Å²) in [5.41, 5.74) is 0. The van der Waals surface area contributed by atoms with Crippen LogP contribution in [-0.2, 0) is 4.79 Å². The van der Waals surface area contributed by atoms with Gasteiger partial charge in [-0.25, -0.2) is 4.79 Å². The maximum Gasteiger partial charge on any atom is 0.326 e. The maximum atomic E-state index is 11.8. The Morgan fingerprint density at radius 1 is 1.56 bits per heavy atom. The molecule has 0 spiro atoms. The molecule has 1 aromatic rings. The Hall–Kier alpha value is -1.89. The van der Waals surface area contributed by atoms with Crippen molar-refractivity contribution in [3.8, 4) is 0 Å². The molecule has 7 nitrogen and oxygen atoms in total. The number of amides is 1. The van der Waals surface area contributed by atoms with Gasteiger partial charge in [0.1, 0.15) is 6.04 Å². The number of aliphatic hydroxyl groups excluding tert-OH is 1. The highest BCUT2D eigenvalue weighted by atomic mass is 16.5. The van der Waals surface area contributed by atoms with Gasteiger partial charge in [-0.2, -0.15) is 0 Å². The zero-order chi connectivity index (χ0) is 11.7. The van der Waals surface area contributed by atoms with Crippen molar-refractivity contribution in [1.82, 2.24) is 10.1 Å². The second-order valence-corrected chi connectivity index (χ2v) is 3.58. The van der Waals surface area contributed by atoms with Gasteiger partial charge in [0.05, 0.1) is 12.3 Å². The van der Waals surface area contributed by atoms with Crippen molar-refractivity contribution in [2.75, 3.05) is 6.54 Å². The van der Waals surface area contributed by atoms with E-state index >= 15 is 0 Å². The molecule has 0 aromatic carbocycles. The number of aliphatic hydroxyl groups is 1. The predicted octanol–water partition coefficient (Wildman–Crippen LogP) is -0.665. The van der Waals surface area contributed by atoms with Gasteiger partial charge in [0.15, 0.2) is 0 Å². The summed E-state index contributed by atoms with van der Waals surface area (Å²) in [4.78, 5) is 23.7. The van der Waals surface area contributed by atoms with E-state index in [2.05, 4.69) is 9.68 Å². The van der Waals surface area contributed by atoms with Crippen LogP contribution in [0.5, 0.6) is 0 Å². The highest BCUT2D eigenvalue weighted by Crippen LogP contribution is 2.20. The number of aromatic nitrogens is 1. The molecule has 1 fully saturated rings. The minimum Gasteiger partial charge on any atom is -0.480 e. The Labute approximate surface area is 90.3 Å². The van der Waals surface area contributed by atoms with E-state index < -0.39 is 24.0 Å². The normalized spacial score (nSPS) is 24.7. The van der Waals surface area contributed by atoms with Crippen LogP contribution in [-0.4, -0.2) is 50.8 Å². The molecule has 16 heavy (non-hydrogen) atoms. The molecular formula is C9H10N2O5. The van der Waals surface area contributed by atoms with Gasteiger partial charge in [0.25, 0.3) is 5.91 Å². The summed E-state index contributed by atoms with van der Waals surface area (Å²) < 4.78 is 4.66. The molecular weight excluding hydrogens is 216 g/mol. The predicted molar refractivity (Wildman–Crippen MR) is 49.6 cm³/mol. The molecule has 1 saturated heterocycles. The van der Waals surface area contributed by atoms with E-state index in [0.717, 1.165) is 4.90 Å². The second kappa shape index (κ2) is 3.93. The Kier molecular flexibility index (Phi) is 2.61. The summed E-state index contributed by atoms with van der Waals surface area (Å²) in [5, 5.41) is 21.6. The van der Waals surface area contributed by atoms with Crippen LogP contribution in [0.2, 0.25) is 0 Å². The van der Waals surface area contributed by atoms with Gasteiger partial charge >= 0.3 is 5.97 Å². The van der Waals surface area contributed by atoms with Crippen molar-refractivity contribution in [3.05, 3.63) is 18.0 Å². The summed E-state index contributed by atoms with van der Waals surface area (Å²) in [6, 6.07) is 0.346. The van der Waals surface area contributed by atoms with E-state index in [0.29, 0.717) is 0 Å². The summed E-state index contributed by atoms with van der Waals surface area (Å²) >= 11 is 0. The first kappa shape index (κ1) is 10.6. The number of likely N-dealkylation sites (tertiary alicyclic amines) is 1. The van der Waals surface area contributed by atoms with Crippen LogP contribution >= 0.6 is 0 Å². The van der Waals surface area contributed by atoms with E-state index in [1.54, 1.807) is 0 Å². The number of hydrogen-bond acceptors (Lipinski definition) is 5. The average Bonchev–Trinajstić information content (AvgIpc) is 2.84. The number of carbonyl (C=O) groups is 2. The molecule has 2 N–H and O–H groups in total. The molecule has 86 valence electrons. The molecule has 0 saturated carbocycles. The standard InChI is InChI=1S/C9H10N2O5/c12-5-3-6(9(14)15)11(4-5)8(13)7-1-2-10-16-7/h1-2,5-6,12H,3-4H2,(H,14,15)/t5-,6-/m1/s1. The fraction of sp³-hybridized carbons (Fsp3) is 0.444. The summed E-state index contributed by atoms with van der Waals surface area (Å²) in [5.74, 6) is -1.73. The minimum atomic E-state index is -1.13. The van der Waals surface area contributed by atoms with E-state index in [4.69, 9.17) is 5.11 Å². The molecule has 1 aromatic heterocycles. The topological polar surface area (TPSA) is 104 Å². The molecule has 1 aliphatic heterocycles. The van der Waals surface area contributed by atoms with Crippen molar-refractivity contribution < 1.29 is 24.3 Å². The number of carboxylic acids is 1. The highest BCUT2D eigenvalue weighted by Gasteiger charge is 2.40. The van der Waals surface area contributed by atoms with Crippen LogP contribution in [0.3, 0.4) is 0 Å². The molecule has 2 atom stereocenters. The van der Waals surface area contributed by atoms with Crippen LogP contribution in [0, 0.1) is 0 Å². The van der Waals surface area contributed by atoms with Gasteiger partial charge in [-0.3, -0.25) is 4.79 Å². The summed E-state index contributed by atoms with van der Waals surface area (Å²) in [6.07, 6.45) is 0.526. The fourth-order valence-corrected chi connectivity index (χ4v) is 1.74. The number of nitrogens with zero attached hydrogens (tertiary/aromatic N) is 2. The average molecular weight is 226 g/mol. The molecule has 7 heteroatoms. The van der Waals surface area contributed by atoms with Crippen molar-refractivity contribution >= 4 is 11.9 Å². The first-order valence-electron chi connectivity index (χ1n) is 4.72. The number of rotatable bonds is 2. The SMILES string of the molecule is O=C(O)[C@H]1C[C@@H](O)CN1C(=O)c1ccno1. The van der Waals surface area contributed by atoms with Gasteiger partial charge in [-0.1, -0.05) is 5.16 Å². The number of β-amino-alcohol motifs (C(OH)–C–C–N with tert-alkyl or cyclic N) is 1. The molecule has 0 radical (unpaired) electrons. The molecule has 0 bridgehead atoms. The maximum absolute atomic E-state index is 11.8. The van der Waals surface area contributed by atoms with Crippen molar-refractivity contribution in [2.45, 2.75) is 18.6 Å². The quantitative estimate of drug-likeness (QED) is 0.693. The number of aliphatic carboxylic acids is 1. The molecule has 2 heterocycles. The third-order valence-corrected chi connectivity index (χ3v) is 2.47. The fourth-order valence-electron chi connectivity index (χ4n) is 1.74. The van der Waals surface area contributed by atoms with E-state index in [9.17, 15) is 14.7 Å². The van der Waals surface area contributed by atoms with Crippen LogP contribution in [0.15, 0.2) is 16.8 Å². The summed E-state index contributed by atoms with van der Waals surface area (Å²) in [6.45, 7) is -0.00347. The van der Waals surface area contributed by atoms with Gasteiger partial charge in [0.2, 0.25) is 5.76 Å². The first-order valence-corrected chi connectivity index (χ1v) is 4.72. The molecule has 1 aliphatic rings. The summed E-state index contributed by atoms with van der Waals surface area (Å²) in [7, 11) is 0. The van der Waals surface area contributed by atoms with Crippen molar-refractivity contribution in [2.24, 2.45) is 0 Å². The van der Waals surface area contributed by atoms with Crippen LogP contribution in [0.4, 0.5) is 0 Å². The third kappa shape index (κ3) is 1.76. The van der Waals surface area contributed by atoms with Crippen LogP contribution in [0.25, 0.3) is 0 Å². The van der Waals surface area contributed by atoms with Crippen LogP contribution < -0.4 is 0 Å². The highest BCUT2D eigenvalue weighted by molar-refractivity contribution is 5.94. The smallest absolute Gasteiger partial charge is 0.326 e. The lowest BCUT2D eigenvalue weighted by Gasteiger charge is -2.19. The minimum absolute atomic E-state index is 0.00347. The Morgan fingerprint density at radius 3 is 2.88 bits per heavy atom. The zero-order valence-electron chi connectivity index (χ0n) is 8.24. The van der Waals surface area contributed by atoms with Gasteiger partial charge in [-0.15, -0.1) is 0 Å². The Bertz CT molecular complexity index is 402. The van der Waals surface area contributed by atoms with Gasteiger partial charge in [0, 0.05) is 19.0 Å². The number of carbonyl (C=O) groups excluding carboxylic acids is 1. The lowest BCUT2D eigenvalue weighted by atomic mass is 10.2. The largest absolute Gasteiger partial charge is 0.480 e. The van der Waals surface area contributed by atoms with E-state index in [1.807, 2.05) is 0 Å². The molecule has 1 amide bonds. The zero-order valence-corrected chi connectivity index (χ0v) is 8.24. The van der Waals surface area contributed by atoms with Crippen molar-refractivity contribution in [3.63, 3.8) is 0 Å². The van der Waals surface area contributed by atoms with Gasteiger partial charge in [-0.05, 0) is 0 Å². The van der Waals surface area contributed by atoms with E-state index in [-0.39, 0.29) is 18.7 Å². The second-order valence-electron chi connectivity index (χ2n) is 3.58. The lowest BCUT2D eigenvalue weighted by Crippen LogP contribution is -2.40. The monoisotopic (exact) mass is 226 g/mol. The first-order chi connectivity index (χ1) is 7.59. The molecule has 0 aliphatic carbocycles. The van der Waals surface area contributed by atoms with Gasteiger partial charge < -0.3 is 19.6 Å². The van der Waals surface area contributed by atoms with E-state index in [1.165, 1.54) is 12.3 Å². The Morgan fingerprint density at radius 2 is 2.31 bits per heavy atom. The molecule has 0 unspecified atom stereocenters. The molecule has 2 rings (SSSR count). The van der Waals surface area contributed by atoms with Crippen molar-refractivity contribution in [1.29, 1.82) is 0 Å².